The average Bonchev–Trinajstić information content (AvgIpc) is 2.63. The monoisotopic (exact) mass is 267 g/mol. The van der Waals surface area contributed by atoms with Crippen LogP contribution in [0.15, 0.2) is 0 Å². The van der Waals surface area contributed by atoms with Gasteiger partial charge in [-0.1, -0.05) is 50.9 Å². The predicted octanol–water partition coefficient (Wildman–Crippen LogP) is 3.65. The van der Waals surface area contributed by atoms with Crippen molar-refractivity contribution < 1.29 is 0 Å². The van der Waals surface area contributed by atoms with Gasteiger partial charge < -0.3 is 5.32 Å². The van der Waals surface area contributed by atoms with E-state index >= 15 is 0 Å². The van der Waals surface area contributed by atoms with E-state index in [2.05, 4.69) is 35.7 Å². The van der Waals surface area contributed by atoms with E-state index in [1.165, 1.54) is 43.4 Å². The molecule has 1 aliphatic rings. The Morgan fingerprint density at radius 2 is 1.83 bits per heavy atom. The maximum absolute atomic E-state index is 4.30. The summed E-state index contributed by atoms with van der Waals surface area (Å²) in [5.41, 5.74) is 1.27. The van der Waals surface area contributed by atoms with Gasteiger partial charge in [-0.15, -0.1) is 5.10 Å². The van der Waals surface area contributed by atoms with Crippen LogP contribution < -0.4 is 5.32 Å². The molecule has 0 unspecified atom stereocenters. The maximum atomic E-state index is 4.30. The summed E-state index contributed by atoms with van der Waals surface area (Å²) in [5.74, 6) is 0. The van der Waals surface area contributed by atoms with Crippen molar-refractivity contribution in [1.82, 2.24) is 14.9 Å². The summed E-state index contributed by atoms with van der Waals surface area (Å²) in [7, 11) is 0. The predicted molar refractivity (Wildman–Crippen MR) is 76.9 cm³/mol. The van der Waals surface area contributed by atoms with Crippen molar-refractivity contribution in [3.8, 4) is 0 Å². The lowest BCUT2D eigenvalue weighted by Gasteiger charge is -2.19. The van der Waals surface area contributed by atoms with Gasteiger partial charge in [-0.25, -0.2) is 0 Å². The van der Waals surface area contributed by atoms with Crippen LogP contribution in [0.25, 0.3) is 0 Å². The average molecular weight is 267 g/mol. The van der Waals surface area contributed by atoms with Gasteiger partial charge in [0.2, 0.25) is 0 Å². The van der Waals surface area contributed by atoms with Crippen LogP contribution in [-0.4, -0.2) is 15.6 Å². The fourth-order valence-electron chi connectivity index (χ4n) is 2.61. The summed E-state index contributed by atoms with van der Waals surface area (Å²) >= 11 is 1.55. The summed E-state index contributed by atoms with van der Waals surface area (Å²) in [4.78, 5) is 1.31. The summed E-state index contributed by atoms with van der Waals surface area (Å²) in [6.07, 6.45) is 8.24. The fraction of sp³-hybridized carbons (Fsp3) is 0.857. The van der Waals surface area contributed by atoms with E-state index in [1.54, 1.807) is 11.5 Å². The van der Waals surface area contributed by atoms with Gasteiger partial charge in [0, 0.05) is 18.0 Å². The lowest BCUT2D eigenvalue weighted by Crippen LogP contribution is -2.28. The van der Waals surface area contributed by atoms with Crippen LogP contribution in [0.5, 0.6) is 0 Å². The van der Waals surface area contributed by atoms with E-state index in [1.807, 2.05) is 0 Å². The minimum atomic E-state index is 0.105. The molecule has 1 heterocycles. The van der Waals surface area contributed by atoms with Gasteiger partial charge in [-0.3, -0.25) is 0 Å². The van der Waals surface area contributed by atoms with Gasteiger partial charge in [0.1, 0.15) is 0 Å². The number of hydrogen-bond donors (Lipinski definition) is 1. The van der Waals surface area contributed by atoms with Crippen LogP contribution in [0.2, 0.25) is 0 Å². The molecule has 0 bridgehead atoms. The van der Waals surface area contributed by atoms with Crippen molar-refractivity contribution >= 4 is 11.5 Å². The van der Waals surface area contributed by atoms with Crippen molar-refractivity contribution in [2.75, 3.05) is 0 Å². The van der Waals surface area contributed by atoms with E-state index in [0.29, 0.717) is 6.04 Å². The first-order chi connectivity index (χ1) is 8.57. The second-order valence-electron chi connectivity index (χ2n) is 6.36. The molecule has 0 atom stereocenters. The maximum Gasteiger partial charge on any atom is 0.0854 e. The fourth-order valence-corrected chi connectivity index (χ4v) is 3.42. The molecule has 4 heteroatoms. The minimum Gasteiger partial charge on any atom is -0.309 e. The van der Waals surface area contributed by atoms with E-state index in [9.17, 15) is 0 Å². The Kier molecular flexibility index (Phi) is 4.73. The molecule has 0 radical (unpaired) electrons. The molecular weight excluding hydrogens is 242 g/mol. The largest absolute Gasteiger partial charge is 0.309 e. The van der Waals surface area contributed by atoms with Crippen LogP contribution >= 0.6 is 11.5 Å². The smallest absolute Gasteiger partial charge is 0.0854 e. The van der Waals surface area contributed by atoms with E-state index in [4.69, 9.17) is 0 Å². The van der Waals surface area contributed by atoms with E-state index in [0.717, 1.165) is 12.2 Å². The first-order valence-electron chi connectivity index (χ1n) is 7.12. The highest BCUT2D eigenvalue weighted by molar-refractivity contribution is 7.05. The number of aromatic nitrogens is 2. The summed E-state index contributed by atoms with van der Waals surface area (Å²) < 4.78 is 4.12. The molecule has 0 saturated heterocycles. The molecule has 2 rings (SSSR count). The number of rotatable bonds is 3. The lowest BCUT2D eigenvalue weighted by atomic mass is 9.91. The molecule has 3 nitrogen and oxygen atoms in total. The first kappa shape index (κ1) is 13.9. The molecule has 1 saturated carbocycles. The molecule has 0 spiro atoms. The Morgan fingerprint density at radius 3 is 2.44 bits per heavy atom. The molecule has 0 aliphatic heterocycles. The highest BCUT2D eigenvalue weighted by Gasteiger charge is 2.22. The Balaban J connectivity index is 1.91. The van der Waals surface area contributed by atoms with Gasteiger partial charge in [0.25, 0.3) is 0 Å². The zero-order chi connectivity index (χ0) is 13.0. The van der Waals surface area contributed by atoms with Crippen LogP contribution in [0.4, 0.5) is 0 Å². The third-order valence-electron chi connectivity index (χ3n) is 3.67. The molecule has 1 aliphatic carbocycles. The van der Waals surface area contributed by atoms with Crippen molar-refractivity contribution in [2.24, 2.45) is 0 Å². The number of nitrogens with one attached hydrogen (secondary N) is 1. The number of hydrogen-bond acceptors (Lipinski definition) is 4. The van der Waals surface area contributed by atoms with Gasteiger partial charge >= 0.3 is 0 Å². The van der Waals surface area contributed by atoms with Gasteiger partial charge in [0.05, 0.1) is 10.6 Å². The first-order valence-corrected chi connectivity index (χ1v) is 7.90. The summed E-state index contributed by atoms with van der Waals surface area (Å²) in [6.45, 7) is 7.56. The van der Waals surface area contributed by atoms with Gasteiger partial charge in [-0.05, 0) is 24.4 Å². The Bertz CT molecular complexity index is 359. The highest BCUT2D eigenvalue weighted by Crippen LogP contribution is 2.26. The summed E-state index contributed by atoms with van der Waals surface area (Å²) in [6, 6.07) is 0.697. The van der Waals surface area contributed by atoms with E-state index < -0.39 is 0 Å². The third kappa shape index (κ3) is 3.75. The zero-order valence-corrected chi connectivity index (χ0v) is 12.6. The molecule has 1 aromatic heterocycles. The van der Waals surface area contributed by atoms with Crippen LogP contribution in [0.3, 0.4) is 0 Å². The molecule has 0 amide bonds. The minimum absolute atomic E-state index is 0.105. The number of nitrogens with zero attached hydrogens (tertiary/aromatic N) is 2. The molecule has 102 valence electrons. The molecule has 1 N–H and O–H groups in total. The molecule has 0 aromatic carbocycles. The van der Waals surface area contributed by atoms with Gasteiger partial charge in [-0.2, -0.15) is 0 Å². The molecule has 1 aromatic rings. The third-order valence-corrected chi connectivity index (χ3v) is 4.39. The van der Waals surface area contributed by atoms with Crippen molar-refractivity contribution in [3.05, 3.63) is 10.6 Å². The molecular formula is C14H25N3S. The van der Waals surface area contributed by atoms with Crippen molar-refractivity contribution in [1.29, 1.82) is 0 Å². The Labute approximate surface area is 115 Å². The second-order valence-corrected chi connectivity index (χ2v) is 7.20. The normalized spacial score (nSPS) is 18.8. The Morgan fingerprint density at radius 1 is 1.17 bits per heavy atom. The van der Waals surface area contributed by atoms with Crippen LogP contribution in [-0.2, 0) is 12.0 Å². The molecule has 18 heavy (non-hydrogen) atoms. The zero-order valence-electron chi connectivity index (χ0n) is 11.8. The summed E-state index contributed by atoms with van der Waals surface area (Å²) in [5, 5.41) is 8.01. The second kappa shape index (κ2) is 6.11. The topological polar surface area (TPSA) is 37.8 Å². The highest BCUT2D eigenvalue weighted by atomic mass is 32.1. The quantitative estimate of drug-likeness (QED) is 0.850. The Hall–Kier alpha value is -0.480. The molecule has 1 fully saturated rings. The van der Waals surface area contributed by atoms with Crippen LogP contribution in [0, 0.1) is 0 Å². The lowest BCUT2D eigenvalue weighted by molar-refractivity contribution is 0.456. The van der Waals surface area contributed by atoms with Crippen molar-refractivity contribution in [3.63, 3.8) is 0 Å². The van der Waals surface area contributed by atoms with Gasteiger partial charge in [0.15, 0.2) is 0 Å². The standard InChI is InChI=1S/C14H25N3S/c1-14(2,3)13-12(18-17-16-13)10-15-11-8-6-4-5-7-9-11/h11,15H,4-10H2,1-3H3. The van der Waals surface area contributed by atoms with E-state index in [-0.39, 0.29) is 5.41 Å². The van der Waals surface area contributed by atoms with Crippen LogP contribution in [0.1, 0.15) is 69.9 Å². The van der Waals surface area contributed by atoms with Crippen molar-refractivity contribution in [2.45, 2.75) is 77.3 Å². The SMILES string of the molecule is CC(C)(C)c1nnsc1CNC1CCCCCC1.